The number of nitrogens with zero attached hydrogens (tertiary/aromatic N) is 1. The molecular formula is C27H42N4O6S. The summed E-state index contributed by atoms with van der Waals surface area (Å²) in [6.45, 7) is 6.28. The average Bonchev–Trinajstić information content (AvgIpc) is 3.72. The minimum absolute atomic E-state index is 0.190. The monoisotopic (exact) mass is 550 g/mol. The highest BCUT2D eigenvalue weighted by molar-refractivity contribution is 7.91. The lowest BCUT2D eigenvalue weighted by Crippen LogP contribution is -2.58. The first-order chi connectivity index (χ1) is 17.8. The first kappa shape index (κ1) is 28.6. The summed E-state index contributed by atoms with van der Waals surface area (Å²) in [5.74, 6) is -1.94. The SMILES string of the molecule is CC(C)(C)CC(=O)N[C@H]1CCCCC/C=C\[C@@H]2C[C@@]2(C(=O)NS(=O)(=O)C2CC2)NC(=O)C2CCCN2C1=O. The summed E-state index contributed by atoms with van der Waals surface area (Å²) >= 11 is 0. The van der Waals surface area contributed by atoms with Gasteiger partial charge in [-0.25, -0.2) is 8.42 Å². The maximum absolute atomic E-state index is 13.6. The minimum Gasteiger partial charge on any atom is -0.344 e. The Hall–Kier alpha value is -2.43. The number of carbonyl (C=O) groups excluding carboxylic acids is 4. The van der Waals surface area contributed by atoms with Crippen LogP contribution >= 0.6 is 0 Å². The molecule has 4 amide bonds. The Kier molecular flexibility index (Phi) is 8.26. The van der Waals surface area contributed by atoms with E-state index in [-0.39, 0.29) is 29.6 Å². The smallest absolute Gasteiger partial charge is 0.259 e. The number of rotatable bonds is 5. The second-order valence-corrected chi connectivity index (χ2v) is 14.5. The van der Waals surface area contributed by atoms with E-state index in [4.69, 9.17) is 0 Å². The van der Waals surface area contributed by atoms with Crippen molar-refractivity contribution in [1.82, 2.24) is 20.3 Å². The molecule has 1 saturated heterocycles. The number of hydrogen-bond donors (Lipinski definition) is 3. The van der Waals surface area contributed by atoms with Gasteiger partial charge in [-0.15, -0.1) is 0 Å². The van der Waals surface area contributed by atoms with Gasteiger partial charge in [0.25, 0.3) is 5.91 Å². The molecule has 0 aromatic carbocycles. The molecule has 0 aromatic heterocycles. The van der Waals surface area contributed by atoms with Crippen molar-refractivity contribution in [3.8, 4) is 0 Å². The van der Waals surface area contributed by atoms with Gasteiger partial charge < -0.3 is 15.5 Å². The van der Waals surface area contributed by atoms with Gasteiger partial charge in [-0.2, -0.15) is 0 Å². The number of amides is 4. The van der Waals surface area contributed by atoms with Gasteiger partial charge in [0.2, 0.25) is 27.7 Å². The Morgan fingerprint density at radius 3 is 2.50 bits per heavy atom. The normalized spacial score (nSPS) is 31.7. The maximum Gasteiger partial charge on any atom is 0.259 e. The van der Waals surface area contributed by atoms with Crippen LogP contribution in [-0.2, 0) is 29.2 Å². The zero-order chi connectivity index (χ0) is 27.7. The van der Waals surface area contributed by atoms with Crippen LogP contribution in [0, 0.1) is 11.3 Å². The molecular weight excluding hydrogens is 508 g/mol. The van der Waals surface area contributed by atoms with Crippen molar-refractivity contribution in [2.45, 2.75) is 114 Å². The van der Waals surface area contributed by atoms with Crippen molar-refractivity contribution in [3.63, 3.8) is 0 Å². The molecule has 4 atom stereocenters. The lowest BCUT2D eigenvalue weighted by molar-refractivity contribution is -0.142. The molecule has 38 heavy (non-hydrogen) atoms. The first-order valence-corrected chi connectivity index (χ1v) is 15.5. The Balaban J connectivity index is 1.54. The molecule has 2 heterocycles. The van der Waals surface area contributed by atoms with Gasteiger partial charge in [0.15, 0.2) is 0 Å². The molecule has 0 bridgehead atoms. The predicted octanol–water partition coefficient (Wildman–Crippen LogP) is 1.90. The molecule has 10 nitrogen and oxygen atoms in total. The molecule has 3 N–H and O–H groups in total. The van der Waals surface area contributed by atoms with Crippen molar-refractivity contribution in [1.29, 1.82) is 0 Å². The van der Waals surface area contributed by atoms with Crippen molar-refractivity contribution in [2.24, 2.45) is 11.3 Å². The maximum atomic E-state index is 13.6. The summed E-state index contributed by atoms with van der Waals surface area (Å²) in [5, 5.41) is 5.22. The van der Waals surface area contributed by atoms with E-state index in [1.54, 1.807) is 0 Å². The molecule has 11 heteroatoms. The summed E-state index contributed by atoms with van der Waals surface area (Å²) in [5.41, 5.74) is -1.56. The number of sulfonamides is 1. The number of fused-ring (bicyclic) bond motifs is 2. The van der Waals surface area contributed by atoms with Gasteiger partial charge >= 0.3 is 0 Å². The highest BCUT2D eigenvalue weighted by atomic mass is 32.2. The van der Waals surface area contributed by atoms with E-state index in [9.17, 15) is 27.6 Å². The van der Waals surface area contributed by atoms with Crippen LogP contribution in [-0.4, -0.2) is 66.4 Å². The van der Waals surface area contributed by atoms with Crippen molar-refractivity contribution < 1.29 is 27.6 Å². The lowest BCUT2D eigenvalue weighted by atomic mass is 9.91. The summed E-state index contributed by atoms with van der Waals surface area (Å²) in [7, 11) is -3.77. The van der Waals surface area contributed by atoms with E-state index in [2.05, 4.69) is 15.4 Å². The predicted molar refractivity (Wildman–Crippen MR) is 142 cm³/mol. The second kappa shape index (κ2) is 11.0. The average molecular weight is 551 g/mol. The van der Waals surface area contributed by atoms with Crippen LogP contribution in [0.1, 0.15) is 91.4 Å². The first-order valence-electron chi connectivity index (χ1n) is 14.0. The number of allylic oxidation sites excluding steroid dienone is 1. The van der Waals surface area contributed by atoms with Crippen LogP contribution in [0.5, 0.6) is 0 Å². The van der Waals surface area contributed by atoms with Crippen LogP contribution in [0.15, 0.2) is 12.2 Å². The van der Waals surface area contributed by atoms with E-state index in [0.29, 0.717) is 45.1 Å². The largest absolute Gasteiger partial charge is 0.344 e. The summed E-state index contributed by atoms with van der Waals surface area (Å²) < 4.78 is 27.2. The van der Waals surface area contributed by atoms with Crippen LogP contribution in [0.2, 0.25) is 0 Å². The Morgan fingerprint density at radius 1 is 1.08 bits per heavy atom. The third kappa shape index (κ3) is 6.76. The molecule has 4 aliphatic rings. The zero-order valence-corrected chi connectivity index (χ0v) is 23.6. The highest BCUT2D eigenvalue weighted by Gasteiger charge is 2.61. The highest BCUT2D eigenvalue weighted by Crippen LogP contribution is 2.46. The van der Waals surface area contributed by atoms with E-state index in [1.807, 2.05) is 32.9 Å². The molecule has 212 valence electrons. The van der Waals surface area contributed by atoms with Gasteiger partial charge in [-0.05, 0) is 56.8 Å². The standard InChI is InChI=1S/C27H42N4O6S/c1-26(2,3)17-22(32)28-20-11-8-6-4-5-7-10-18-16-27(18,25(35)30-38(36,37)19-13-14-19)29-23(33)21-12-9-15-31(21)24(20)34/h7,10,18-21H,4-6,8-9,11-17H2,1-3H3,(H,28,32)(H,29,33)(H,30,35)/b10-7-/t18-,20+,21?,27-/m1/s1. The lowest BCUT2D eigenvalue weighted by Gasteiger charge is -2.30. The fraction of sp³-hybridized carbons (Fsp3) is 0.778. The zero-order valence-electron chi connectivity index (χ0n) is 22.8. The van der Waals surface area contributed by atoms with Crippen molar-refractivity contribution >= 4 is 33.7 Å². The summed E-state index contributed by atoms with van der Waals surface area (Å²) in [6, 6.07) is -1.49. The van der Waals surface area contributed by atoms with Crippen molar-refractivity contribution in [3.05, 3.63) is 12.2 Å². The van der Waals surface area contributed by atoms with Gasteiger partial charge in [0.1, 0.15) is 17.6 Å². The van der Waals surface area contributed by atoms with E-state index < -0.39 is 44.7 Å². The Labute approximate surface area is 225 Å². The van der Waals surface area contributed by atoms with E-state index in [1.165, 1.54) is 4.90 Å². The number of carbonyl (C=O) groups is 4. The molecule has 1 unspecified atom stereocenters. The Morgan fingerprint density at radius 2 is 1.82 bits per heavy atom. The molecule has 3 fully saturated rings. The van der Waals surface area contributed by atoms with Gasteiger partial charge in [0.05, 0.1) is 5.25 Å². The molecule has 0 radical (unpaired) electrons. The van der Waals surface area contributed by atoms with Crippen molar-refractivity contribution in [2.75, 3.05) is 6.54 Å². The third-order valence-electron chi connectivity index (χ3n) is 7.86. The van der Waals surface area contributed by atoms with Crippen LogP contribution in [0.3, 0.4) is 0 Å². The second-order valence-electron chi connectivity index (χ2n) is 12.6. The quantitative estimate of drug-likeness (QED) is 0.447. The molecule has 0 aromatic rings. The van der Waals surface area contributed by atoms with Gasteiger partial charge in [-0.3, -0.25) is 23.9 Å². The minimum atomic E-state index is -3.77. The number of hydrogen-bond acceptors (Lipinski definition) is 6. The fourth-order valence-corrected chi connectivity index (χ4v) is 6.87. The topological polar surface area (TPSA) is 142 Å². The van der Waals surface area contributed by atoms with Crippen LogP contribution in [0.4, 0.5) is 0 Å². The van der Waals surface area contributed by atoms with E-state index in [0.717, 1.165) is 25.7 Å². The molecule has 2 aliphatic carbocycles. The third-order valence-corrected chi connectivity index (χ3v) is 9.68. The number of nitrogens with one attached hydrogen (secondary N) is 3. The van der Waals surface area contributed by atoms with Gasteiger partial charge in [-0.1, -0.05) is 45.8 Å². The molecule has 4 rings (SSSR count). The molecule has 2 saturated carbocycles. The molecule has 0 spiro atoms. The summed E-state index contributed by atoms with van der Waals surface area (Å²) in [4.78, 5) is 54.6. The fourth-order valence-electron chi connectivity index (χ4n) is 5.50. The Bertz CT molecular complexity index is 1090. The van der Waals surface area contributed by atoms with Crippen LogP contribution < -0.4 is 15.4 Å². The summed E-state index contributed by atoms with van der Waals surface area (Å²) in [6.07, 6.45) is 10.4. The van der Waals surface area contributed by atoms with Gasteiger partial charge in [0, 0.05) is 18.9 Å². The van der Waals surface area contributed by atoms with Crippen LogP contribution in [0.25, 0.3) is 0 Å². The van der Waals surface area contributed by atoms with E-state index >= 15 is 0 Å². The molecule has 2 aliphatic heterocycles.